The molecule has 1 aromatic heterocycles. The number of hydrogen-bond donors (Lipinski definition) is 1. The first-order valence-electron chi connectivity index (χ1n) is 9.90. The molecule has 2 saturated heterocycles. The van der Waals surface area contributed by atoms with Crippen LogP contribution in [0.2, 0.25) is 0 Å². The maximum atomic E-state index is 12.6. The van der Waals surface area contributed by atoms with Crippen molar-refractivity contribution < 1.29 is 14.0 Å². The maximum Gasteiger partial charge on any atom is 0.289 e. The van der Waals surface area contributed by atoms with E-state index in [0.717, 1.165) is 24.5 Å². The number of piperazine rings is 1. The molecule has 1 N–H and O–H groups in total. The Bertz CT molecular complexity index is 807. The van der Waals surface area contributed by atoms with Crippen molar-refractivity contribution >= 4 is 23.2 Å². The largest absolute Gasteiger partial charge is 0.459 e. The SMILES string of the molecule is O=C(CN1CCN(C(=O)c2ccco2)CC1)Nc1ccccc1N1CCCC1. The number of anilines is 2. The van der Waals surface area contributed by atoms with Crippen molar-refractivity contribution in [2.75, 3.05) is 56.0 Å². The zero-order valence-corrected chi connectivity index (χ0v) is 16.0. The van der Waals surface area contributed by atoms with E-state index < -0.39 is 0 Å². The van der Waals surface area contributed by atoms with Crippen molar-refractivity contribution in [2.45, 2.75) is 12.8 Å². The van der Waals surface area contributed by atoms with Crippen molar-refractivity contribution in [1.29, 1.82) is 0 Å². The predicted molar refractivity (Wildman–Crippen MR) is 108 cm³/mol. The van der Waals surface area contributed by atoms with E-state index in [1.54, 1.807) is 17.0 Å². The van der Waals surface area contributed by atoms with Crippen LogP contribution >= 0.6 is 0 Å². The van der Waals surface area contributed by atoms with Crippen molar-refractivity contribution in [1.82, 2.24) is 9.80 Å². The molecule has 1 aromatic carbocycles. The first-order chi connectivity index (χ1) is 13.7. The Balaban J connectivity index is 1.29. The molecule has 2 aliphatic rings. The predicted octanol–water partition coefficient (Wildman–Crippen LogP) is 2.28. The van der Waals surface area contributed by atoms with E-state index in [1.807, 2.05) is 18.2 Å². The summed E-state index contributed by atoms with van der Waals surface area (Å²) in [6, 6.07) is 11.4. The number of benzene rings is 1. The molecule has 28 heavy (non-hydrogen) atoms. The highest BCUT2D eigenvalue weighted by atomic mass is 16.3. The van der Waals surface area contributed by atoms with E-state index in [-0.39, 0.29) is 11.8 Å². The van der Waals surface area contributed by atoms with Crippen molar-refractivity contribution in [3.63, 3.8) is 0 Å². The van der Waals surface area contributed by atoms with Crippen molar-refractivity contribution in [2.24, 2.45) is 0 Å². The molecule has 2 aromatic rings. The number of hydrogen-bond acceptors (Lipinski definition) is 5. The smallest absolute Gasteiger partial charge is 0.289 e. The summed E-state index contributed by atoms with van der Waals surface area (Å²) >= 11 is 0. The summed E-state index contributed by atoms with van der Waals surface area (Å²) in [5.41, 5.74) is 1.98. The minimum Gasteiger partial charge on any atom is -0.459 e. The molecular formula is C21H26N4O3. The Hall–Kier alpha value is -2.80. The number of para-hydroxylation sites is 2. The minimum absolute atomic E-state index is 0.0162. The van der Waals surface area contributed by atoms with Gasteiger partial charge in [-0.15, -0.1) is 0 Å². The van der Waals surface area contributed by atoms with Crippen molar-refractivity contribution in [3.05, 3.63) is 48.4 Å². The van der Waals surface area contributed by atoms with Gasteiger partial charge in [-0.3, -0.25) is 14.5 Å². The lowest BCUT2D eigenvalue weighted by atomic mass is 10.2. The molecule has 7 heteroatoms. The van der Waals surface area contributed by atoms with Crippen LogP contribution in [0.4, 0.5) is 11.4 Å². The number of nitrogens with one attached hydrogen (secondary N) is 1. The van der Waals surface area contributed by atoms with Gasteiger partial charge in [-0.1, -0.05) is 12.1 Å². The quantitative estimate of drug-likeness (QED) is 0.859. The van der Waals surface area contributed by atoms with Crippen LogP contribution in [0.5, 0.6) is 0 Å². The molecule has 0 aliphatic carbocycles. The van der Waals surface area contributed by atoms with E-state index in [4.69, 9.17) is 4.42 Å². The second-order valence-electron chi connectivity index (χ2n) is 7.31. The van der Waals surface area contributed by atoms with E-state index in [0.29, 0.717) is 38.5 Å². The van der Waals surface area contributed by atoms with Crippen LogP contribution in [-0.4, -0.2) is 67.4 Å². The van der Waals surface area contributed by atoms with Gasteiger partial charge in [0.2, 0.25) is 5.91 Å². The highest BCUT2D eigenvalue weighted by Crippen LogP contribution is 2.28. The molecule has 3 heterocycles. The molecule has 2 fully saturated rings. The molecule has 2 amide bonds. The molecule has 7 nitrogen and oxygen atoms in total. The highest BCUT2D eigenvalue weighted by Gasteiger charge is 2.25. The van der Waals surface area contributed by atoms with E-state index >= 15 is 0 Å². The lowest BCUT2D eigenvalue weighted by Gasteiger charge is -2.33. The van der Waals surface area contributed by atoms with Crippen LogP contribution in [0.1, 0.15) is 23.4 Å². The number of rotatable bonds is 5. The number of amides is 2. The second kappa shape index (κ2) is 8.48. The summed E-state index contributed by atoms with van der Waals surface area (Å²) in [7, 11) is 0. The standard InChI is InChI=1S/C21H26N4O3/c26-20(22-17-6-1-2-7-18(17)24-9-3-4-10-24)16-23-11-13-25(14-12-23)21(27)19-8-5-15-28-19/h1-2,5-8,15H,3-4,9-14,16H2,(H,22,26). The highest BCUT2D eigenvalue weighted by molar-refractivity contribution is 5.95. The minimum atomic E-state index is -0.0892. The topological polar surface area (TPSA) is 69.0 Å². The van der Waals surface area contributed by atoms with E-state index in [1.165, 1.54) is 19.1 Å². The lowest BCUT2D eigenvalue weighted by Crippen LogP contribution is -2.50. The molecule has 148 valence electrons. The molecule has 0 unspecified atom stereocenters. The second-order valence-corrected chi connectivity index (χ2v) is 7.31. The molecular weight excluding hydrogens is 356 g/mol. The third kappa shape index (κ3) is 4.20. The number of nitrogens with zero attached hydrogens (tertiary/aromatic N) is 3. The van der Waals surface area contributed by atoms with E-state index in [2.05, 4.69) is 21.2 Å². The summed E-state index contributed by atoms with van der Waals surface area (Å²) < 4.78 is 5.19. The van der Waals surface area contributed by atoms with E-state index in [9.17, 15) is 9.59 Å². The number of carbonyl (C=O) groups is 2. The van der Waals surface area contributed by atoms with Gasteiger partial charge < -0.3 is 19.5 Å². The Morgan fingerprint density at radius 2 is 1.68 bits per heavy atom. The lowest BCUT2D eigenvalue weighted by molar-refractivity contribution is -0.117. The van der Waals surface area contributed by atoms with Crippen LogP contribution in [0.15, 0.2) is 47.1 Å². The van der Waals surface area contributed by atoms with Crippen molar-refractivity contribution in [3.8, 4) is 0 Å². The molecule has 0 atom stereocenters. The molecule has 0 radical (unpaired) electrons. The fourth-order valence-corrected chi connectivity index (χ4v) is 3.87. The van der Waals surface area contributed by atoms with Gasteiger partial charge in [-0.25, -0.2) is 0 Å². The van der Waals surface area contributed by atoms with Gasteiger partial charge in [-0.2, -0.15) is 0 Å². The number of furan rings is 1. The van der Waals surface area contributed by atoms with Gasteiger partial charge in [0.05, 0.1) is 24.2 Å². The zero-order chi connectivity index (χ0) is 19.3. The molecule has 0 bridgehead atoms. The van der Waals surface area contributed by atoms with Crippen LogP contribution in [-0.2, 0) is 4.79 Å². The summed E-state index contributed by atoms with van der Waals surface area (Å²) in [5.74, 6) is 0.260. The maximum absolute atomic E-state index is 12.6. The summed E-state index contributed by atoms with van der Waals surface area (Å²) in [5, 5.41) is 3.07. The van der Waals surface area contributed by atoms with Gasteiger partial charge in [0.25, 0.3) is 5.91 Å². The van der Waals surface area contributed by atoms with Gasteiger partial charge in [0, 0.05) is 39.3 Å². The summed E-state index contributed by atoms with van der Waals surface area (Å²) in [6.45, 7) is 4.95. The Kier molecular flexibility index (Phi) is 5.62. The normalized spacial score (nSPS) is 17.7. The molecule has 0 spiro atoms. The summed E-state index contributed by atoms with van der Waals surface area (Å²) in [4.78, 5) is 31.1. The van der Waals surface area contributed by atoms with Crippen LogP contribution in [0.25, 0.3) is 0 Å². The van der Waals surface area contributed by atoms with Crippen LogP contribution in [0.3, 0.4) is 0 Å². The Morgan fingerprint density at radius 3 is 2.39 bits per heavy atom. The first kappa shape index (κ1) is 18.6. The number of carbonyl (C=O) groups excluding carboxylic acids is 2. The fraction of sp³-hybridized carbons (Fsp3) is 0.429. The molecule has 4 rings (SSSR count). The first-order valence-corrected chi connectivity index (χ1v) is 9.90. The monoisotopic (exact) mass is 382 g/mol. The third-order valence-electron chi connectivity index (χ3n) is 5.38. The van der Waals surface area contributed by atoms with Gasteiger partial charge in [-0.05, 0) is 37.1 Å². The molecule has 0 saturated carbocycles. The fourth-order valence-electron chi connectivity index (χ4n) is 3.87. The van der Waals surface area contributed by atoms with Gasteiger partial charge in [0.1, 0.15) is 0 Å². The third-order valence-corrected chi connectivity index (χ3v) is 5.38. The molecule has 2 aliphatic heterocycles. The Labute approximate surface area is 164 Å². The van der Waals surface area contributed by atoms with Crippen LogP contribution in [0, 0.1) is 0 Å². The van der Waals surface area contributed by atoms with Crippen LogP contribution < -0.4 is 10.2 Å². The Morgan fingerprint density at radius 1 is 0.929 bits per heavy atom. The van der Waals surface area contributed by atoms with Gasteiger partial charge >= 0.3 is 0 Å². The average Bonchev–Trinajstić information content (AvgIpc) is 3.43. The van der Waals surface area contributed by atoms with Gasteiger partial charge in [0.15, 0.2) is 5.76 Å². The summed E-state index contributed by atoms with van der Waals surface area (Å²) in [6.07, 6.45) is 3.90. The zero-order valence-electron chi connectivity index (χ0n) is 16.0. The average molecular weight is 382 g/mol.